The lowest BCUT2D eigenvalue weighted by Gasteiger charge is -2.35. The topological polar surface area (TPSA) is 108 Å². The lowest BCUT2D eigenvalue weighted by Crippen LogP contribution is -2.47. The number of aliphatic hydroxyl groups is 1. The average molecular weight is 533 g/mol. The van der Waals surface area contributed by atoms with Crippen LogP contribution in [-0.4, -0.2) is 43.8 Å². The summed E-state index contributed by atoms with van der Waals surface area (Å²) in [6.45, 7) is 0.420. The van der Waals surface area contributed by atoms with E-state index in [1.165, 1.54) is 6.07 Å². The van der Waals surface area contributed by atoms with E-state index in [-0.39, 0.29) is 24.5 Å². The normalized spacial score (nSPS) is 23.0. The summed E-state index contributed by atoms with van der Waals surface area (Å²) in [5.74, 6) is 0.370. The Hall–Kier alpha value is -3.02. The number of ether oxygens (including phenoxy) is 1. The summed E-state index contributed by atoms with van der Waals surface area (Å²) >= 11 is 0. The van der Waals surface area contributed by atoms with Crippen molar-refractivity contribution in [2.24, 2.45) is 0 Å². The molecule has 2 aliphatic rings. The van der Waals surface area contributed by atoms with Crippen molar-refractivity contribution in [1.82, 2.24) is 9.97 Å². The van der Waals surface area contributed by atoms with E-state index in [0.29, 0.717) is 42.1 Å². The van der Waals surface area contributed by atoms with Crippen LogP contribution in [0.1, 0.15) is 36.9 Å². The van der Waals surface area contributed by atoms with Gasteiger partial charge in [-0.3, -0.25) is 4.98 Å². The van der Waals surface area contributed by atoms with Crippen molar-refractivity contribution in [3.05, 3.63) is 72.2 Å². The Kier molecular flexibility index (Phi) is 6.71. The van der Waals surface area contributed by atoms with Gasteiger partial charge in [-0.1, -0.05) is 12.1 Å². The molecule has 1 aliphatic heterocycles. The lowest BCUT2D eigenvalue weighted by atomic mass is 9.94. The van der Waals surface area contributed by atoms with Crippen LogP contribution in [0, 0.1) is 4.78 Å². The van der Waals surface area contributed by atoms with Gasteiger partial charge in [0.15, 0.2) is 5.60 Å². The van der Waals surface area contributed by atoms with E-state index in [2.05, 4.69) is 15.3 Å². The van der Waals surface area contributed by atoms with Gasteiger partial charge in [0.25, 0.3) is 0 Å². The van der Waals surface area contributed by atoms with Crippen molar-refractivity contribution >= 4 is 15.5 Å². The molecule has 196 valence electrons. The van der Waals surface area contributed by atoms with E-state index < -0.39 is 27.1 Å². The van der Waals surface area contributed by atoms with Gasteiger partial charge in [-0.2, -0.15) is 13.2 Å². The van der Waals surface area contributed by atoms with Crippen LogP contribution in [0.15, 0.2) is 65.8 Å². The van der Waals surface area contributed by atoms with Crippen molar-refractivity contribution in [3.8, 4) is 11.1 Å². The minimum Gasteiger partial charge on any atom is -0.379 e. The molecule has 7 nitrogen and oxygen atoms in total. The molecule has 0 bridgehead atoms. The quantitative estimate of drug-likeness (QED) is 0.402. The first-order valence-electron chi connectivity index (χ1n) is 12.0. The maximum atomic E-state index is 13.5. The number of anilines is 1. The average Bonchev–Trinajstić information content (AvgIpc) is 2.87. The highest BCUT2D eigenvalue weighted by atomic mass is 32.2. The molecule has 11 heteroatoms. The third kappa shape index (κ3) is 5.34. The third-order valence-electron chi connectivity index (χ3n) is 7.04. The third-order valence-corrected chi connectivity index (χ3v) is 9.43. The van der Waals surface area contributed by atoms with Crippen molar-refractivity contribution < 1.29 is 27.2 Å². The zero-order chi connectivity index (χ0) is 26.3. The second-order valence-electron chi connectivity index (χ2n) is 9.63. The second-order valence-corrected chi connectivity index (χ2v) is 12.0. The minimum atomic E-state index is -4.43. The Bertz CT molecular complexity index is 1350. The molecule has 0 radical (unpaired) electrons. The van der Waals surface area contributed by atoms with Crippen LogP contribution in [0.25, 0.3) is 11.1 Å². The highest BCUT2D eigenvalue weighted by Gasteiger charge is 2.39. The molecule has 2 aromatic heterocycles. The van der Waals surface area contributed by atoms with Crippen LogP contribution in [0.5, 0.6) is 0 Å². The number of pyridine rings is 2. The maximum Gasteiger partial charge on any atom is 0.417 e. The Balaban J connectivity index is 1.21. The molecule has 1 atom stereocenters. The van der Waals surface area contributed by atoms with E-state index in [1.807, 2.05) is 24.3 Å². The maximum absolute atomic E-state index is 13.5. The van der Waals surface area contributed by atoms with Gasteiger partial charge in [0.1, 0.15) is 5.82 Å². The largest absolute Gasteiger partial charge is 0.417 e. The van der Waals surface area contributed by atoms with Crippen LogP contribution in [0.4, 0.5) is 19.0 Å². The summed E-state index contributed by atoms with van der Waals surface area (Å²) in [4.78, 5) is 8.60. The van der Waals surface area contributed by atoms with E-state index in [0.717, 1.165) is 23.4 Å². The fraction of sp³-hybridized carbons (Fsp3) is 0.385. The van der Waals surface area contributed by atoms with Gasteiger partial charge in [0.05, 0.1) is 34.2 Å². The van der Waals surface area contributed by atoms with Gasteiger partial charge in [0, 0.05) is 28.6 Å². The van der Waals surface area contributed by atoms with Gasteiger partial charge in [-0.15, -0.1) is 0 Å². The van der Waals surface area contributed by atoms with Crippen LogP contribution < -0.4 is 5.32 Å². The first-order valence-corrected chi connectivity index (χ1v) is 13.6. The monoisotopic (exact) mass is 532 g/mol. The number of rotatable bonds is 6. The van der Waals surface area contributed by atoms with Crippen molar-refractivity contribution in [2.45, 2.75) is 53.6 Å². The first kappa shape index (κ1) is 25.6. The molecule has 1 saturated heterocycles. The molecule has 0 amide bonds. The van der Waals surface area contributed by atoms with Crippen LogP contribution >= 0.6 is 0 Å². The van der Waals surface area contributed by atoms with Crippen molar-refractivity contribution in [3.63, 3.8) is 0 Å². The Morgan fingerprint density at radius 1 is 1.00 bits per heavy atom. The summed E-state index contributed by atoms with van der Waals surface area (Å²) in [7, 11) is -3.04. The van der Waals surface area contributed by atoms with Crippen LogP contribution in [0.3, 0.4) is 0 Å². The van der Waals surface area contributed by atoms with Crippen molar-refractivity contribution in [1.29, 1.82) is 4.78 Å². The minimum absolute atomic E-state index is 0.00478. The molecule has 0 spiro atoms. The molecular formula is C26H27F3N4O3S. The van der Waals surface area contributed by atoms with E-state index in [1.54, 1.807) is 18.3 Å². The number of alkyl halides is 3. The molecule has 2 fully saturated rings. The lowest BCUT2D eigenvalue weighted by molar-refractivity contribution is -0.186. The van der Waals surface area contributed by atoms with Crippen molar-refractivity contribution in [2.75, 3.05) is 18.5 Å². The summed E-state index contributed by atoms with van der Waals surface area (Å²) in [5, 5.41) is 13.3. The van der Waals surface area contributed by atoms with Gasteiger partial charge in [-0.05, 0) is 73.2 Å². The predicted octanol–water partition coefficient (Wildman–Crippen LogP) is 5.21. The van der Waals surface area contributed by atoms with E-state index >= 15 is 0 Å². The Morgan fingerprint density at radius 3 is 2.27 bits per heavy atom. The molecule has 1 aliphatic carbocycles. The molecule has 3 aromatic rings. The zero-order valence-electron chi connectivity index (χ0n) is 19.9. The number of hydrogen-bond donors (Lipinski definition) is 3. The molecule has 1 unspecified atom stereocenters. The SMILES string of the molecule is N=S(=O)(c1ccc(-c2ccnc(C3(O)COC3)c2)cc1)C1CCC(Nc2ccc(C(F)(F)F)cn2)CC1. The van der Waals surface area contributed by atoms with Gasteiger partial charge >= 0.3 is 6.18 Å². The summed E-state index contributed by atoms with van der Waals surface area (Å²) < 4.78 is 65.5. The Labute approximate surface area is 213 Å². The molecule has 1 aromatic carbocycles. The fourth-order valence-corrected chi connectivity index (χ4v) is 6.61. The molecule has 3 N–H and O–H groups in total. The molecule has 37 heavy (non-hydrogen) atoms. The molecule has 3 heterocycles. The van der Waals surface area contributed by atoms with Gasteiger partial charge < -0.3 is 15.2 Å². The van der Waals surface area contributed by atoms with Gasteiger partial charge in [0.2, 0.25) is 0 Å². The van der Waals surface area contributed by atoms with Crippen LogP contribution in [0.2, 0.25) is 0 Å². The number of benzene rings is 1. The Morgan fingerprint density at radius 2 is 1.70 bits per heavy atom. The zero-order valence-corrected chi connectivity index (χ0v) is 20.7. The smallest absolute Gasteiger partial charge is 0.379 e. The van der Waals surface area contributed by atoms with E-state index in [4.69, 9.17) is 9.52 Å². The molecule has 1 saturated carbocycles. The fourth-order valence-electron chi connectivity index (χ4n) is 4.75. The number of hydrogen-bond acceptors (Lipinski definition) is 7. The predicted molar refractivity (Wildman–Crippen MR) is 132 cm³/mol. The van der Waals surface area contributed by atoms with Crippen LogP contribution in [-0.2, 0) is 26.2 Å². The van der Waals surface area contributed by atoms with Gasteiger partial charge in [-0.25, -0.2) is 14.0 Å². The number of nitrogens with zero attached hydrogens (tertiary/aromatic N) is 2. The highest BCUT2D eigenvalue weighted by molar-refractivity contribution is 7.93. The number of halogens is 3. The highest BCUT2D eigenvalue weighted by Crippen LogP contribution is 2.34. The molecule has 5 rings (SSSR count). The summed E-state index contributed by atoms with van der Waals surface area (Å²) in [6.07, 6.45) is 0.444. The molecular weight excluding hydrogens is 505 g/mol. The standard InChI is InChI=1S/C26H27F3N4O3S/c27-26(28,29)19-3-10-24(32-14-19)33-20-4-8-22(9-5-20)37(30,35)21-6-1-17(2-7-21)18-11-12-31-23(13-18)25(34)15-36-16-25/h1-3,6-7,10-14,20,22,30,34H,4-5,8-9,15-16H2,(H,32,33). The van der Waals surface area contributed by atoms with E-state index in [9.17, 15) is 22.5 Å². The first-order chi connectivity index (χ1) is 17.5. The summed E-state index contributed by atoms with van der Waals surface area (Å²) in [5.41, 5.74) is 0.403. The summed E-state index contributed by atoms with van der Waals surface area (Å²) in [6, 6.07) is 13.1. The number of aromatic nitrogens is 2. The second kappa shape index (κ2) is 9.70. The number of nitrogens with one attached hydrogen (secondary N) is 2.